The zero-order chi connectivity index (χ0) is 18.0. The molecule has 2 unspecified atom stereocenters. The van der Waals surface area contributed by atoms with Crippen LogP contribution in [0.5, 0.6) is 0 Å². The van der Waals surface area contributed by atoms with Crippen LogP contribution in [0.25, 0.3) is 0 Å². The molecule has 0 aliphatic rings. The summed E-state index contributed by atoms with van der Waals surface area (Å²) in [5, 5.41) is 0. The van der Waals surface area contributed by atoms with Crippen LogP contribution in [-0.2, 0) is 0 Å². The van der Waals surface area contributed by atoms with Gasteiger partial charge in [-0.15, -0.1) is 0 Å². The standard InChI is InChI=1S/C24H24N2/c1-20(23-15-9-4-10-16-23)24(26-18-22-13-7-3-8-14-22)19-25-17-21-11-5-2-6-12-21/h2-18,20,24H,19H2,1H3. The van der Waals surface area contributed by atoms with Crippen LogP contribution in [0.2, 0.25) is 0 Å². The van der Waals surface area contributed by atoms with Gasteiger partial charge in [0.1, 0.15) is 0 Å². The first-order valence-electron chi connectivity index (χ1n) is 9.01. The number of benzene rings is 3. The maximum absolute atomic E-state index is 4.86. The van der Waals surface area contributed by atoms with Crippen molar-refractivity contribution in [1.82, 2.24) is 0 Å². The van der Waals surface area contributed by atoms with Gasteiger partial charge in [-0.2, -0.15) is 0 Å². The Bertz CT molecular complexity index is 824. The summed E-state index contributed by atoms with van der Waals surface area (Å²) in [6, 6.07) is 31.0. The molecule has 2 heteroatoms. The quantitative estimate of drug-likeness (QED) is 0.515. The first-order chi connectivity index (χ1) is 12.8. The van der Waals surface area contributed by atoms with Crippen molar-refractivity contribution in [2.75, 3.05) is 6.54 Å². The molecule has 0 N–H and O–H groups in total. The van der Waals surface area contributed by atoms with E-state index >= 15 is 0 Å². The number of aliphatic imine (C=N–C) groups is 2. The number of nitrogens with zero attached hydrogens (tertiary/aromatic N) is 2. The van der Waals surface area contributed by atoms with E-state index in [2.05, 4.69) is 60.4 Å². The Hall–Kier alpha value is -3.00. The molecule has 2 atom stereocenters. The Morgan fingerprint density at radius 2 is 1.19 bits per heavy atom. The minimum atomic E-state index is 0.0950. The lowest BCUT2D eigenvalue weighted by Crippen LogP contribution is -2.18. The van der Waals surface area contributed by atoms with Gasteiger partial charge in [-0.05, 0) is 16.7 Å². The van der Waals surface area contributed by atoms with Crippen molar-refractivity contribution in [1.29, 1.82) is 0 Å². The number of hydrogen-bond donors (Lipinski definition) is 0. The Balaban J connectivity index is 1.76. The first kappa shape index (κ1) is 17.8. The van der Waals surface area contributed by atoms with Gasteiger partial charge in [-0.1, -0.05) is 97.9 Å². The molecule has 0 bridgehead atoms. The van der Waals surface area contributed by atoms with Gasteiger partial charge < -0.3 is 0 Å². The molecular formula is C24H24N2. The van der Waals surface area contributed by atoms with Gasteiger partial charge in [-0.25, -0.2) is 0 Å². The molecule has 0 heterocycles. The summed E-state index contributed by atoms with van der Waals surface area (Å²) in [6.45, 7) is 2.88. The highest BCUT2D eigenvalue weighted by Gasteiger charge is 2.17. The van der Waals surface area contributed by atoms with Crippen molar-refractivity contribution in [3.8, 4) is 0 Å². The summed E-state index contributed by atoms with van der Waals surface area (Å²) in [5.41, 5.74) is 3.52. The summed E-state index contributed by atoms with van der Waals surface area (Å²) in [4.78, 5) is 9.52. The largest absolute Gasteiger partial charge is 0.290 e. The fourth-order valence-corrected chi connectivity index (χ4v) is 2.84. The van der Waals surface area contributed by atoms with Crippen molar-refractivity contribution < 1.29 is 0 Å². The zero-order valence-corrected chi connectivity index (χ0v) is 15.1. The maximum atomic E-state index is 4.86. The lowest BCUT2D eigenvalue weighted by molar-refractivity contribution is 0.582. The fraction of sp³-hybridized carbons (Fsp3) is 0.167. The van der Waals surface area contributed by atoms with Crippen LogP contribution < -0.4 is 0 Å². The monoisotopic (exact) mass is 340 g/mol. The van der Waals surface area contributed by atoms with Crippen molar-refractivity contribution in [3.05, 3.63) is 108 Å². The highest BCUT2D eigenvalue weighted by atomic mass is 14.9. The van der Waals surface area contributed by atoms with Crippen LogP contribution in [0.15, 0.2) is 101 Å². The van der Waals surface area contributed by atoms with Gasteiger partial charge in [0.2, 0.25) is 0 Å². The molecule has 0 fully saturated rings. The lowest BCUT2D eigenvalue weighted by atomic mass is 9.93. The van der Waals surface area contributed by atoms with Gasteiger partial charge in [0, 0.05) is 18.3 Å². The molecule has 0 aromatic heterocycles. The highest BCUT2D eigenvalue weighted by Crippen LogP contribution is 2.21. The topological polar surface area (TPSA) is 24.7 Å². The normalized spacial score (nSPS) is 13.9. The van der Waals surface area contributed by atoms with Gasteiger partial charge in [-0.3, -0.25) is 9.98 Å². The number of rotatable bonds is 7. The molecule has 0 saturated heterocycles. The summed E-state index contributed by atoms with van der Waals surface area (Å²) < 4.78 is 0. The van der Waals surface area contributed by atoms with E-state index in [4.69, 9.17) is 4.99 Å². The SMILES string of the molecule is CC(c1ccccc1)C(CN=Cc1ccccc1)N=Cc1ccccc1. The second kappa shape index (κ2) is 9.47. The van der Waals surface area contributed by atoms with E-state index in [1.807, 2.05) is 54.9 Å². The fourth-order valence-electron chi connectivity index (χ4n) is 2.84. The molecule has 0 aliphatic heterocycles. The summed E-state index contributed by atoms with van der Waals surface area (Å²) in [7, 11) is 0. The van der Waals surface area contributed by atoms with E-state index in [1.165, 1.54) is 5.56 Å². The smallest absolute Gasteiger partial charge is 0.0760 e. The van der Waals surface area contributed by atoms with Crippen LogP contribution in [0, 0.1) is 0 Å². The Morgan fingerprint density at radius 3 is 1.77 bits per heavy atom. The van der Waals surface area contributed by atoms with Crippen molar-refractivity contribution >= 4 is 12.4 Å². The Kier molecular flexibility index (Phi) is 6.49. The minimum absolute atomic E-state index is 0.0950. The van der Waals surface area contributed by atoms with E-state index in [9.17, 15) is 0 Å². The van der Waals surface area contributed by atoms with Crippen molar-refractivity contribution in [3.63, 3.8) is 0 Å². The molecule has 130 valence electrons. The van der Waals surface area contributed by atoms with Gasteiger partial charge in [0.15, 0.2) is 0 Å². The van der Waals surface area contributed by atoms with Gasteiger partial charge in [0.05, 0.1) is 12.6 Å². The average molecular weight is 340 g/mol. The Morgan fingerprint density at radius 1 is 0.692 bits per heavy atom. The van der Waals surface area contributed by atoms with E-state index in [0.29, 0.717) is 12.5 Å². The molecule has 26 heavy (non-hydrogen) atoms. The van der Waals surface area contributed by atoms with E-state index in [1.54, 1.807) is 0 Å². The minimum Gasteiger partial charge on any atom is -0.290 e. The molecule has 2 nitrogen and oxygen atoms in total. The highest BCUT2D eigenvalue weighted by molar-refractivity contribution is 5.80. The third-order valence-electron chi connectivity index (χ3n) is 4.45. The molecule has 0 spiro atoms. The van der Waals surface area contributed by atoms with E-state index in [-0.39, 0.29) is 6.04 Å². The second-order valence-corrected chi connectivity index (χ2v) is 6.36. The van der Waals surface area contributed by atoms with Gasteiger partial charge in [0.25, 0.3) is 0 Å². The van der Waals surface area contributed by atoms with Crippen LogP contribution >= 0.6 is 0 Å². The van der Waals surface area contributed by atoms with Crippen molar-refractivity contribution in [2.24, 2.45) is 9.98 Å². The summed E-state index contributed by atoms with van der Waals surface area (Å²) >= 11 is 0. The zero-order valence-electron chi connectivity index (χ0n) is 15.1. The molecule has 3 aromatic rings. The predicted octanol–water partition coefficient (Wildman–Crippen LogP) is 5.40. The first-order valence-corrected chi connectivity index (χ1v) is 9.01. The van der Waals surface area contributed by atoms with Crippen LogP contribution in [-0.4, -0.2) is 25.0 Å². The molecule has 0 amide bonds. The van der Waals surface area contributed by atoms with E-state index in [0.717, 1.165) is 11.1 Å². The molecule has 0 saturated carbocycles. The van der Waals surface area contributed by atoms with Crippen LogP contribution in [0.3, 0.4) is 0 Å². The predicted molar refractivity (Wildman–Crippen MR) is 112 cm³/mol. The molecule has 0 radical (unpaired) electrons. The molecule has 3 rings (SSSR count). The van der Waals surface area contributed by atoms with Crippen LogP contribution in [0.1, 0.15) is 29.5 Å². The maximum Gasteiger partial charge on any atom is 0.0760 e. The molecular weight excluding hydrogens is 316 g/mol. The number of hydrogen-bond acceptors (Lipinski definition) is 2. The Labute approximate surface area is 156 Å². The van der Waals surface area contributed by atoms with Crippen molar-refractivity contribution in [2.45, 2.75) is 18.9 Å². The van der Waals surface area contributed by atoms with E-state index < -0.39 is 0 Å². The lowest BCUT2D eigenvalue weighted by Gasteiger charge is -2.19. The van der Waals surface area contributed by atoms with Crippen LogP contribution in [0.4, 0.5) is 0 Å². The third-order valence-corrected chi connectivity index (χ3v) is 4.45. The van der Waals surface area contributed by atoms with Gasteiger partial charge >= 0.3 is 0 Å². The summed E-state index contributed by atoms with van der Waals surface area (Å²) in [5.74, 6) is 0.295. The molecule has 0 aliphatic carbocycles. The summed E-state index contributed by atoms with van der Waals surface area (Å²) in [6.07, 6.45) is 3.89. The second-order valence-electron chi connectivity index (χ2n) is 6.36. The molecule has 3 aromatic carbocycles. The average Bonchev–Trinajstić information content (AvgIpc) is 2.72. The third kappa shape index (κ3) is 5.25.